The third-order valence-corrected chi connectivity index (χ3v) is 2.68. The summed E-state index contributed by atoms with van der Waals surface area (Å²) in [7, 11) is 0. The Bertz CT molecular complexity index is 527. The summed E-state index contributed by atoms with van der Waals surface area (Å²) in [5.41, 5.74) is 7.91. The van der Waals surface area contributed by atoms with E-state index in [1.165, 1.54) is 6.08 Å². The zero-order chi connectivity index (χ0) is 11.5. The molecular formula is C13H14N2O. The Morgan fingerprint density at radius 2 is 2.25 bits per heavy atom. The lowest BCUT2D eigenvalue weighted by atomic mass is 10.0. The fourth-order valence-electron chi connectivity index (χ4n) is 1.79. The van der Waals surface area contributed by atoms with Crippen LogP contribution in [-0.4, -0.2) is 16.8 Å². The van der Waals surface area contributed by atoms with Crippen molar-refractivity contribution in [2.75, 3.05) is 0 Å². The van der Waals surface area contributed by atoms with Crippen LogP contribution < -0.4 is 5.73 Å². The molecule has 1 aromatic heterocycles. The van der Waals surface area contributed by atoms with E-state index in [1.54, 1.807) is 0 Å². The molecule has 2 aromatic rings. The smallest absolute Gasteiger partial charge is 0.172 e. The Hall–Kier alpha value is -1.87. The maximum Gasteiger partial charge on any atom is 0.172 e. The second kappa shape index (κ2) is 4.33. The average Bonchev–Trinajstić information content (AvgIpc) is 2.72. The van der Waals surface area contributed by atoms with Gasteiger partial charge in [0.15, 0.2) is 5.78 Å². The van der Waals surface area contributed by atoms with Crippen LogP contribution in [0.25, 0.3) is 10.9 Å². The van der Waals surface area contributed by atoms with Crippen molar-refractivity contribution < 1.29 is 4.79 Å². The van der Waals surface area contributed by atoms with E-state index in [9.17, 15) is 4.79 Å². The summed E-state index contributed by atoms with van der Waals surface area (Å²) in [5.74, 6) is -0.120. The molecule has 1 heterocycles. The standard InChI is InChI=1S/C13H14N2O/c1-2-13(16)11(14)7-9-8-15-12-6-4-3-5-10(9)12/h2-6,8,11,15H,1,7,14H2. The van der Waals surface area contributed by atoms with Gasteiger partial charge in [0.2, 0.25) is 0 Å². The molecule has 0 aliphatic carbocycles. The molecule has 0 saturated carbocycles. The predicted molar refractivity (Wildman–Crippen MR) is 65.2 cm³/mol. The third-order valence-electron chi connectivity index (χ3n) is 2.68. The highest BCUT2D eigenvalue weighted by atomic mass is 16.1. The van der Waals surface area contributed by atoms with E-state index in [1.807, 2.05) is 30.5 Å². The highest BCUT2D eigenvalue weighted by molar-refractivity contribution is 5.94. The number of carbonyl (C=O) groups is 1. The van der Waals surface area contributed by atoms with Gasteiger partial charge in [-0.3, -0.25) is 4.79 Å². The minimum absolute atomic E-state index is 0.120. The maximum absolute atomic E-state index is 11.3. The quantitative estimate of drug-likeness (QED) is 0.762. The van der Waals surface area contributed by atoms with E-state index in [2.05, 4.69) is 11.6 Å². The number of nitrogens with two attached hydrogens (primary N) is 1. The maximum atomic E-state index is 11.3. The second-order valence-corrected chi connectivity index (χ2v) is 3.78. The molecule has 3 N–H and O–H groups in total. The number of H-pyrrole nitrogens is 1. The van der Waals surface area contributed by atoms with Crippen molar-refractivity contribution in [3.63, 3.8) is 0 Å². The molecule has 0 spiro atoms. The molecule has 1 atom stereocenters. The first-order valence-electron chi connectivity index (χ1n) is 5.19. The van der Waals surface area contributed by atoms with Gasteiger partial charge >= 0.3 is 0 Å². The van der Waals surface area contributed by atoms with Gasteiger partial charge in [-0.25, -0.2) is 0 Å². The molecule has 82 valence electrons. The SMILES string of the molecule is C=CC(=O)C(N)Cc1c[nH]c2ccccc12. The number of nitrogens with one attached hydrogen (secondary N) is 1. The van der Waals surface area contributed by atoms with Gasteiger partial charge in [-0.1, -0.05) is 24.8 Å². The van der Waals surface area contributed by atoms with Crippen LogP contribution in [0.15, 0.2) is 43.1 Å². The summed E-state index contributed by atoms with van der Waals surface area (Å²) < 4.78 is 0. The molecule has 2 rings (SSSR count). The van der Waals surface area contributed by atoms with E-state index in [0.717, 1.165) is 16.5 Å². The monoisotopic (exact) mass is 214 g/mol. The highest BCUT2D eigenvalue weighted by Gasteiger charge is 2.13. The first-order valence-corrected chi connectivity index (χ1v) is 5.19. The minimum atomic E-state index is -0.503. The summed E-state index contributed by atoms with van der Waals surface area (Å²) >= 11 is 0. The number of benzene rings is 1. The van der Waals surface area contributed by atoms with Crippen LogP contribution in [0.2, 0.25) is 0 Å². The molecule has 0 fully saturated rings. The van der Waals surface area contributed by atoms with Crippen LogP contribution >= 0.6 is 0 Å². The van der Waals surface area contributed by atoms with E-state index in [-0.39, 0.29) is 5.78 Å². The topological polar surface area (TPSA) is 58.9 Å². The summed E-state index contributed by atoms with van der Waals surface area (Å²) in [4.78, 5) is 14.5. The lowest BCUT2D eigenvalue weighted by Gasteiger charge is -2.06. The highest BCUT2D eigenvalue weighted by Crippen LogP contribution is 2.18. The first kappa shape index (κ1) is 10.6. The molecule has 0 aliphatic heterocycles. The van der Waals surface area contributed by atoms with Crippen molar-refractivity contribution >= 4 is 16.7 Å². The van der Waals surface area contributed by atoms with E-state index >= 15 is 0 Å². The Morgan fingerprint density at radius 3 is 3.00 bits per heavy atom. The molecule has 16 heavy (non-hydrogen) atoms. The molecular weight excluding hydrogens is 200 g/mol. The van der Waals surface area contributed by atoms with Gasteiger partial charge in [-0.15, -0.1) is 0 Å². The van der Waals surface area contributed by atoms with E-state index < -0.39 is 6.04 Å². The normalized spacial score (nSPS) is 12.6. The molecule has 0 saturated heterocycles. The largest absolute Gasteiger partial charge is 0.361 e. The lowest BCUT2D eigenvalue weighted by molar-refractivity contribution is -0.115. The van der Waals surface area contributed by atoms with Crippen molar-refractivity contribution in [1.82, 2.24) is 4.98 Å². The van der Waals surface area contributed by atoms with E-state index in [4.69, 9.17) is 5.73 Å². The lowest BCUT2D eigenvalue weighted by Crippen LogP contribution is -2.31. The van der Waals surface area contributed by atoms with Crippen LogP contribution in [0.1, 0.15) is 5.56 Å². The number of carbonyl (C=O) groups excluding carboxylic acids is 1. The molecule has 0 aliphatic rings. The van der Waals surface area contributed by atoms with Crippen molar-refractivity contribution in [2.24, 2.45) is 5.73 Å². The Kier molecular flexibility index (Phi) is 2.88. The van der Waals surface area contributed by atoms with Gasteiger partial charge in [-0.2, -0.15) is 0 Å². The van der Waals surface area contributed by atoms with E-state index in [0.29, 0.717) is 6.42 Å². The van der Waals surface area contributed by atoms with Crippen molar-refractivity contribution in [3.8, 4) is 0 Å². The van der Waals surface area contributed by atoms with Crippen LogP contribution in [-0.2, 0) is 11.2 Å². The molecule has 0 radical (unpaired) electrons. The van der Waals surface area contributed by atoms with Crippen molar-refractivity contribution in [3.05, 3.63) is 48.7 Å². The third kappa shape index (κ3) is 1.90. The first-order chi connectivity index (χ1) is 7.72. The second-order valence-electron chi connectivity index (χ2n) is 3.78. The molecule has 1 unspecified atom stereocenters. The Morgan fingerprint density at radius 1 is 1.50 bits per heavy atom. The Balaban J connectivity index is 2.28. The van der Waals surface area contributed by atoms with Crippen LogP contribution in [0, 0.1) is 0 Å². The van der Waals surface area contributed by atoms with Crippen LogP contribution in [0.5, 0.6) is 0 Å². The average molecular weight is 214 g/mol. The van der Waals surface area contributed by atoms with Gasteiger partial charge < -0.3 is 10.7 Å². The van der Waals surface area contributed by atoms with Crippen LogP contribution in [0.4, 0.5) is 0 Å². The van der Waals surface area contributed by atoms with Gasteiger partial charge in [0.1, 0.15) is 0 Å². The summed E-state index contributed by atoms with van der Waals surface area (Å²) in [6, 6.07) is 7.46. The summed E-state index contributed by atoms with van der Waals surface area (Å²) in [5, 5.41) is 1.12. The number of aromatic nitrogens is 1. The minimum Gasteiger partial charge on any atom is -0.361 e. The molecule has 3 nitrogen and oxygen atoms in total. The fourth-order valence-corrected chi connectivity index (χ4v) is 1.79. The van der Waals surface area contributed by atoms with Gasteiger partial charge in [0.05, 0.1) is 6.04 Å². The summed E-state index contributed by atoms with van der Waals surface area (Å²) in [6.45, 7) is 3.44. The number of rotatable bonds is 4. The number of para-hydroxylation sites is 1. The van der Waals surface area contributed by atoms with Crippen molar-refractivity contribution in [1.29, 1.82) is 0 Å². The zero-order valence-corrected chi connectivity index (χ0v) is 8.94. The zero-order valence-electron chi connectivity index (χ0n) is 8.94. The molecule has 3 heteroatoms. The van der Waals surface area contributed by atoms with Crippen LogP contribution in [0.3, 0.4) is 0 Å². The number of ketones is 1. The number of aromatic amines is 1. The Labute approximate surface area is 94.0 Å². The number of fused-ring (bicyclic) bond motifs is 1. The molecule has 0 bridgehead atoms. The predicted octanol–water partition coefficient (Wildman–Crippen LogP) is 1.79. The molecule has 0 amide bonds. The van der Waals surface area contributed by atoms with Gasteiger partial charge in [0, 0.05) is 17.1 Å². The van der Waals surface area contributed by atoms with Crippen molar-refractivity contribution in [2.45, 2.75) is 12.5 Å². The molecule has 1 aromatic carbocycles. The summed E-state index contributed by atoms with van der Waals surface area (Å²) in [6.07, 6.45) is 3.72. The van der Waals surface area contributed by atoms with Gasteiger partial charge in [-0.05, 0) is 24.1 Å². The van der Waals surface area contributed by atoms with Gasteiger partial charge in [0.25, 0.3) is 0 Å². The number of hydrogen-bond donors (Lipinski definition) is 2. The fraction of sp³-hybridized carbons (Fsp3) is 0.154. The number of hydrogen-bond acceptors (Lipinski definition) is 2.